The van der Waals surface area contributed by atoms with Gasteiger partial charge in [0.25, 0.3) is 5.91 Å². The van der Waals surface area contributed by atoms with E-state index in [0.29, 0.717) is 18.7 Å². The summed E-state index contributed by atoms with van der Waals surface area (Å²) in [4.78, 5) is 26.2. The molecule has 2 atom stereocenters. The summed E-state index contributed by atoms with van der Waals surface area (Å²) < 4.78 is 10.8. The van der Waals surface area contributed by atoms with Crippen LogP contribution in [-0.2, 0) is 14.3 Å². The molecule has 0 bridgehead atoms. The third-order valence-corrected chi connectivity index (χ3v) is 3.98. The fourth-order valence-electron chi connectivity index (χ4n) is 3.17. The largest absolute Gasteiger partial charge is 0.452 e. The van der Waals surface area contributed by atoms with Crippen LogP contribution in [0.15, 0.2) is 12.1 Å². The lowest BCUT2D eigenvalue weighted by atomic mass is 10.00. The van der Waals surface area contributed by atoms with Crippen molar-refractivity contribution in [1.29, 1.82) is 0 Å². The molecule has 0 N–H and O–H groups in total. The summed E-state index contributed by atoms with van der Waals surface area (Å²) in [6.07, 6.45) is -0.0000204. The van der Waals surface area contributed by atoms with Gasteiger partial charge in [0.2, 0.25) is 0 Å². The number of hydrogen-bond donors (Lipinski definition) is 0. The Bertz CT molecular complexity index is 578. The van der Waals surface area contributed by atoms with Gasteiger partial charge in [0.05, 0.1) is 17.8 Å². The maximum absolute atomic E-state index is 12.3. The van der Waals surface area contributed by atoms with Crippen molar-refractivity contribution in [2.24, 2.45) is 0 Å². The number of rotatable bonds is 3. The van der Waals surface area contributed by atoms with Crippen molar-refractivity contribution in [1.82, 2.24) is 4.90 Å². The zero-order valence-corrected chi connectivity index (χ0v) is 14.5. The smallest absolute Gasteiger partial charge is 0.339 e. The second-order valence-corrected chi connectivity index (χ2v) is 6.41. The van der Waals surface area contributed by atoms with Gasteiger partial charge in [-0.25, -0.2) is 4.79 Å². The van der Waals surface area contributed by atoms with Crippen LogP contribution in [0.3, 0.4) is 0 Å². The molecule has 0 spiro atoms. The number of ether oxygens (including phenoxy) is 2. The first-order valence-electron chi connectivity index (χ1n) is 7.96. The van der Waals surface area contributed by atoms with Crippen LogP contribution in [0.1, 0.15) is 40.9 Å². The van der Waals surface area contributed by atoms with E-state index in [1.807, 2.05) is 46.8 Å². The minimum Gasteiger partial charge on any atom is -0.452 e. The number of amides is 1. The number of carbonyl (C=O) groups is 2. The van der Waals surface area contributed by atoms with E-state index >= 15 is 0 Å². The Labute approximate surface area is 137 Å². The fourth-order valence-corrected chi connectivity index (χ4v) is 3.17. The number of nitrogens with zero attached hydrogens (tertiary/aromatic N) is 1. The monoisotopic (exact) mass is 319 g/mol. The van der Waals surface area contributed by atoms with Gasteiger partial charge in [-0.2, -0.15) is 0 Å². The number of benzene rings is 1. The van der Waals surface area contributed by atoms with Crippen LogP contribution in [0.5, 0.6) is 0 Å². The predicted molar refractivity (Wildman–Crippen MR) is 87.5 cm³/mol. The van der Waals surface area contributed by atoms with E-state index in [1.54, 1.807) is 4.90 Å². The first kappa shape index (κ1) is 17.5. The molecule has 1 heterocycles. The standard InChI is InChI=1S/C18H25NO4/c1-11-6-12(2)17(13(3)7-11)18(21)22-10-16(20)19-8-14(4)23-15(5)9-19/h6-7,14-15H,8-10H2,1-5H3/t14-,15-/m1/s1. The molecule has 0 aliphatic carbocycles. The molecule has 1 saturated heterocycles. The summed E-state index contributed by atoms with van der Waals surface area (Å²) in [5.41, 5.74) is 3.39. The Kier molecular flexibility index (Phi) is 5.42. The van der Waals surface area contributed by atoms with Crippen LogP contribution in [0.4, 0.5) is 0 Å². The number of aryl methyl sites for hydroxylation is 3. The SMILES string of the molecule is Cc1cc(C)c(C(=O)OCC(=O)N2C[C@@H](C)O[C@H](C)C2)c(C)c1. The molecule has 0 unspecified atom stereocenters. The Morgan fingerprint density at radius 3 is 2.17 bits per heavy atom. The van der Waals surface area contributed by atoms with Crippen LogP contribution in [0, 0.1) is 20.8 Å². The van der Waals surface area contributed by atoms with Crippen LogP contribution in [0.2, 0.25) is 0 Å². The molecular formula is C18H25NO4. The Hall–Kier alpha value is -1.88. The maximum atomic E-state index is 12.3. The molecule has 0 saturated carbocycles. The first-order chi connectivity index (χ1) is 10.8. The molecule has 1 amide bonds. The minimum absolute atomic E-state index is 0.0000102. The van der Waals surface area contributed by atoms with E-state index in [9.17, 15) is 9.59 Å². The first-order valence-corrected chi connectivity index (χ1v) is 7.96. The maximum Gasteiger partial charge on any atom is 0.339 e. The molecule has 0 aromatic heterocycles. The van der Waals surface area contributed by atoms with Crippen molar-refractivity contribution in [2.45, 2.75) is 46.8 Å². The molecule has 0 radical (unpaired) electrons. The van der Waals surface area contributed by atoms with E-state index in [0.717, 1.165) is 16.7 Å². The highest BCUT2D eigenvalue weighted by Crippen LogP contribution is 2.18. The molecule has 1 fully saturated rings. The summed E-state index contributed by atoms with van der Waals surface area (Å²) >= 11 is 0. The van der Waals surface area contributed by atoms with Crippen LogP contribution >= 0.6 is 0 Å². The zero-order valence-electron chi connectivity index (χ0n) is 14.5. The number of hydrogen-bond acceptors (Lipinski definition) is 4. The molecular weight excluding hydrogens is 294 g/mol. The van der Waals surface area contributed by atoms with Gasteiger partial charge < -0.3 is 14.4 Å². The summed E-state index contributed by atoms with van der Waals surface area (Å²) in [6.45, 7) is 10.4. The second-order valence-electron chi connectivity index (χ2n) is 6.41. The summed E-state index contributed by atoms with van der Waals surface area (Å²) in [5.74, 6) is -0.620. The van der Waals surface area contributed by atoms with Crippen LogP contribution < -0.4 is 0 Å². The summed E-state index contributed by atoms with van der Waals surface area (Å²) in [7, 11) is 0. The van der Waals surface area contributed by atoms with Crippen molar-refractivity contribution >= 4 is 11.9 Å². The van der Waals surface area contributed by atoms with Gasteiger partial charge in [-0.15, -0.1) is 0 Å². The average molecular weight is 319 g/mol. The lowest BCUT2D eigenvalue weighted by Crippen LogP contribution is -2.49. The molecule has 1 aliphatic heterocycles. The molecule has 23 heavy (non-hydrogen) atoms. The fraction of sp³-hybridized carbons (Fsp3) is 0.556. The lowest BCUT2D eigenvalue weighted by molar-refractivity contribution is -0.146. The number of morpholine rings is 1. The average Bonchev–Trinajstić information content (AvgIpc) is 2.42. The van der Waals surface area contributed by atoms with E-state index < -0.39 is 5.97 Å². The normalized spacial score (nSPS) is 21.2. The Morgan fingerprint density at radius 2 is 1.65 bits per heavy atom. The highest BCUT2D eigenvalue weighted by atomic mass is 16.5. The Balaban J connectivity index is 1.98. The van der Waals surface area contributed by atoms with Crippen LogP contribution in [0.25, 0.3) is 0 Å². The van der Waals surface area contributed by atoms with Crippen molar-refractivity contribution in [3.8, 4) is 0 Å². The highest BCUT2D eigenvalue weighted by molar-refractivity contribution is 5.94. The third kappa shape index (κ3) is 4.32. The molecule has 126 valence electrons. The van der Waals surface area contributed by atoms with Crippen molar-refractivity contribution < 1.29 is 19.1 Å². The molecule has 1 aromatic carbocycles. The quantitative estimate of drug-likeness (QED) is 0.803. The van der Waals surface area contributed by atoms with E-state index in [2.05, 4.69) is 0 Å². The topological polar surface area (TPSA) is 55.8 Å². The zero-order chi connectivity index (χ0) is 17.1. The van der Waals surface area contributed by atoms with E-state index in [1.165, 1.54) is 0 Å². The predicted octanol–water partition coefficient (Wildman–Crippen LogP) is 2.40. The summed E-state index contributed by atoms with van der Waals surface area (Å²) in [5, 5.41) is 0. The van der Waals surface area contributed by atoms with Gasteiger partial charge in [0.1, 0.15) is 0 Å². The van der Waals surface area contributed by atoms with Gasteiger partial charge in [-0.1, -0.05) is 17.7 Å². The lowest BCUT2D eigenvalue weighted by Gasteiger charge is -2.35. The Morgan fingerprint density at radius 1 is 1.13 bits per heavy atom. The molecule has 5 heteroatoms. The van der Waals surface area contributed by atoms with Crippen molar-refractivity contribution in [2.75, 3.05) is 19.7 Å². The molecule has 1 aromatic rings. The van der Waals surface area contributed by atoms with Gasteiger partial charge in [0, 0.05) is 13.1 Å². The highest BCUT2D eigenvalue weighted by Gasteiger charge is 2.26. The van der Waals surface area contributed by atoms with Gasteiger partial charge in [0.15, 0.2) is 6.61 Å². The van der Waals surface area contributed by atoms with E-state index in [-0.39, 0.29) is 24.7 Å². The molecule has 1 aliphatic rings. The number of esters is 1. The van der Waals surface area contributed by atoms with Gasteiger partial charge in [-0.3, -0.25) is 4.79 Å². The minimum atomic E-state index is -0.442. The van der Waals surface area contributed by atoms with Gasteiger partial charge in [-0.05, 0) is 45.7 Å². The van der Waals surface area contributed by atoms with Crippen molar-refractivity contribution in [3.63, 3.8) is 0 Å². The summed E-state index contributed by atoms with van der Waals surface area (Å²) in [6, 6.07) is 3.88. The molecule has 5 nitrogen and oxygen atoms in total. The third-order valence-electron chi connectivity index (χ3n) is 3.98. The van der Waals surface area contributed by atoms with Gasteiger partial charge >= 0.3 is 5.97 Å². The number of carbonyl (C=O) groups excluding carboxylic acids is 2. The van der Waals surface area contributed by atoms with E-state index in [4.69, 9.17) is 9.47 Å². The molecule has 2 rings (SSSR count). The second kappa shape index (κ2) is 7.13. The van der Waals surface area contributed by atoms with Crippen molar-refractivity contribution in [3.05, 3.63) is 34.4 Å². The van der Waals surface area contributed by atoms with Crippen LogP contribution in [-0.4, -0.2) is 48.7 Å².